The number of benzene rings is 3. The molecule has 0 atom stereocenters. The molecule has 3 aromatic rings. The lowest BCUT2D eigenvalue weighted by molar-refractivity contribution is 0.0734. The molecule has 0 spiro atoms. The van der Waals surface area contributed by atoms with E-state index in [2.05, 4.69) is 15.9 Å². The third-order valence-electron chi connectivity index (χ3n) is 4.12. The highest BCUT2D eigenvalue weighted by atomic mass is 79.9. The van der Waals surface area contributed by atoms with Gasteiger partial charge in [-0.25, -0.2) is 9.18 Å². The number of fused-ring (bicyclic) bond motifs is 1. The molecule has 1 aliphatic heterocycles. The van der Waals surface area contributed by atoms with Crippen LogP contribution in [0.5, 0.6) is 11.5 Å². The summed E-state index contributed by atoms with van der Waals surface area (Å²) in [5.41, 5.74) is 1.41. The standard InChI is InChI=1S/C22H12BrFO4/c23-18-4-2-1-3-14(18)11-20-21(25)17-10-9-16(12-19(17)28-20)27-22(26)13-5-7-15(24)8-6-13/h1-12H/b20-11-. The normalized spacial score (nSPS) is 13.9. The molecule has 0 saturated heterocycles. The number of hydrogen-bond donors (Lipinski definition) is 0. The molecule has 0 bridgehead atoms. The van der Waals surface area contributed by atoms with Crippen molar-refractivity contribution in [1.82, 2.24) is 0 Å². The van der Waals surface area contributed by atoms with E-state index in [-0.39, 0.29) is 22.9 Å². The lowest BCUT2D eigenvalue weighted by Crippen LogP contribution is -2.08. The van der Waals surface area contributed by atoms with Crippen molar-refractivity contribution in [2.24, 2.45) is 0 Å². The van der Waals surface area contributed by atoms with Gasteiger partial charge in [0, 0.05) is 10.5 Å². The minimum atomic E-state index is -0.631. The Labute approximate surface area is 168 Å². The minimum Gasteiger partial charge on any atom is -0.452 e. The van der Waals surface area contributed by atoms with Gasteiger partial charge in [-0.3, -0.25) is 4.79 Å². The van der Waals surface area contributed by atoms with E-state index in [0.717, 1.165) is 10.0 Å². The van der Waals surface area contributed by atoms with Crippen molar-refractivity contribution in [3.63, 3.8) is 0 Å². The predicted octanol–water partition coefficient (Wildman–Crippen LogP) is 5.42. The minimum absolute atomic E-state index is 0.184. The maximum Gasteiger partial charge on any atom is 0.343 e. The zero-order valence-electron chi connectivity index (χ0n) is 14.3. The summed E-state index contributed by atoms with van der Waals surface area (Å²) in [6.07, 6.45) is 1.65. The summed E-state index contributed by atoms with van der Waals surface area (Å²) >= 11 is 3.43. The van der Waals surface area contributed by atoms with Crippen molar-refractivity contribution in [3.05, 3.63) is 99.5 Å². The van der Waals surface area contributed by atoms with Crippen LogP contribution in [0.15, 0.2) is 77.0 Å². The van der Waals surface area contributed by atoms with E-state index in [0.29, 0.717) is 11.3 Å². The van der Waals surface area contributed by atoms with Crippen LogP contribution >= 0.6 is 15.9 Å². The van der Waals surface area contributed by atoms with Gasteiger partial charge in [0.2, 0.25) is 5.78 Å². The second kappa shape index (κ2) is 7.40. The van der Waals surface area contributed by atoms with Crippen LogP contribution in [0.4, 0.5) is 4.39 Å². The predicted molar refractivity (Wildman–Crippen MR) is 105 cm³/mol. The van der Waals surface area contributed by atoms with Crippen LogP contribution in [0.1, 0.15) is 26.3 Å². The Morgan fingerprint density at radius 2 is 1.79 bits per heavy atom. The van der Waals surface area contributed by atoms with E-state index >= 15 is 0 Å². The lowest BCUT2D eigenvalue weighted by atomic mass is 10.1. The SMILES string of the molecule is O=C(Oc1ccc2c(c1)O/C(=C\c1ccccc1Br)C2=O)c1ccc(F)cc1. The first-order valence-corrected chi connectivity index (χ1v) is 9.11. The van der Waals surface area contributed by atoms with Gasteiger partial charge in [0.05, 0.1) is 11.1 Å². The number of ketones is 1. The topological polar surface area (TPSA) is 52.6 Å². The monoisotopic (exact) mass is 438 g/mol. The smallest absolute Gasteiger partial charge is 0.343 e. The van der Waals surface area contributed by atoms with E-state index in [4.69, 9.17) is 9.47 Å². The van der Waals surface area contributed by atoms with E-state index < -0.39 is 11.8 Å². The number of carbonyl (C=O) groups is 2. The van der Waals surface area contributed by atoms with Gasteiger partial charge in [-0.15, -0.1) is 0 Å². The van der Waals surface area contributed by atoms with Gasteiger partial charge in [-0.05, 0) is 54.1 Å². The summed E-state index contributed by atoms with van der Waals surface area (Å²) in [5.74, 6) is -0.597. The van der Waals surface area contributed by atoms with Gasteiger partial charge in [-0.1, -0.05) is 34.1 Å². The molecule has 0 fully saturated rings. The summed E-state index contributed by atoms with van der Waals surface area (Å²) in [6, 6.07) is 17.0. The fourth-order valence-corrected chi connectivity index (χ4v) is 3.12. The first-order chi connectivity index (χ1) is 13.5. The van der Waals surface area contributed by atoms with E-state index in [9.17, 15) is 14.0 Å². The summed E-state index contributed by atoms with van der Waals surface area (Å²) in [7, 11) is 0. The highest BCUT2D eigenvalue weighted by molar-refractivity contribution is 9.10. The second-order valence-corrected chi connectivity index (χ2v) is 6.87. The molecule has 1 heterocycles. The number of hydrogen-bond acceptors (Lipinski definition) is 4. The molecule has 6 heteroatoms. The molecular formula is C22H12BrFO4. The molecule has 1 aliphatic rings. The maximum absolute atomic E-state index is 13.0. The molecule has 0 aromatic heterocycles. The zero-order chi connectivity index (χ0) is 19.7. The molecule has 0 saturated carbocycles. The van der Waals surface area contributed by atoms with E-state index in [1.165, 1.54) is 36.4 Å². The van der Waals surface area contributed by atoms with E-state index in [1.54, 1.807) is 12.1 Å². The number of ether oxygens (including phenoxy) is 2. The Balaban J connectivity index is 1.56. The molecule has 4 rings (SSSR count). The Morgan fingerprint density at radius 3 is 2.54 bits per heavy atom. The number of esters is 1. The maximum atomic E-state index is 13.0. The van der Waals surface area contributed by atoms with Crippen molar-refractivity contribution in [2.75, 3.05) is 0 Å². The largest absolute Gasteiger partial charge is 0.452 e. The van der Waals surface area contributed by atoms with Gasteiger partial charge in [0.15, 0.2) is 5.76 Å². The van der Waals surface area contributed by atoms with Crippen LogP contribution in [-0.2, 0) is 0 Å². The molecule has 138 valence electrons. The second-order valence-electron chi connectivity index (χ2n) is 6.02. The molecule has 28 heavy (non-hydrogen) atoms. The third-order valence-corrected chi connectivity index (χ3v) is 4.85. The fourth-order valence-electron chi connectivity index (χ4n) is 2.72. The first kappa shape index (κ1) is 18.1. The van der Waals surface area contributed by atoms with Crippen LogP contribution in [0.3, 0.4) is 0 Å². The van der Waals surface area contributed by atoms with Crippen molar-refractivity contribution < 1.29 is 23.5 Å². The zero-order valence-corrected chi connectivity index (χ0v) is 15.9. The summed E-state index contributed by atoms with van der Waals surface area (Å²) in [6.45, 7) is 0. The molecule has 0 unspecified atom stereocenters. The quantitative estimate of drug-likeness (QED) is 0.311. The summed E-state index contributed by atoms with van der Waals surface area (Å²) < 4.78 is 24.8. The Bertz CT molecular complexity index is 1120. The average Bonchev–Trinajstić information content (AvgIpc) is 2.99. The van der Waals surface area contributed by atoms with Crippen LogP contribution in [0.25, 0.3) is 6.08 Å². The Hall–Kier alpha value is -3.25. The average molecular weight is 439 g/mol. The molecular weight excluding hydrogens is 427 g/mol. The van der Waals surface area contributed by atoms with Gasteiger partial charge in [0.1, 0.15) is 17.3 Å². The highest BCUT2D eigenvalue weighted by Gasteiger charge is 2.28. The molecule has 0 radical (unpaired) electrons. The highest BCUT2D eigenvalue weighted by Crippen LogP contribution is 2.35. The van der Waals surface area contributed by atoms with Crippen molar-refractivity contribution in [1.29, 1.82) is 0 Å². The molecule has 0 amide bonds. The third kappa shape index (κ3) is 3.59. The Morgan fingerprint density at radius 1 is 1.04 bits per heavy atom. The number of allylic oxidation sites excluding steroid dienone is 1. The molecule has 0 aliphatic carbocycles. The molecule has 3 aromatic carbocycles. The van der Waals surface area contributed by atoms with Gasteiger partial charge < -0.3 is 9.47 Å². The van der Waals surface area contributed by atoms with Crippen LogP contribution in [0.2, 0.25) is 0 Å². The molecule has 0 N–H and O–H groups in total. The van der Waals surface area contributed by atoms with Crippen LogP contribution < -0.4 is 9.47 Å². The van der Waals surface area contributed by atoms with Crippen molar-refractivity contribution in [3.8, 4) is 11.5 Å². The van der Waals surface area contributed by atoms with Crippen LogP contribution in [0, 0.1) is 5.82 Å². The van der Waals surface area contributed by atoms with Gasteiger partial charge >= 0.3 is 5.97 Å². The lowest BCUT2D eigenvalue weighted by Gasteiger charge is -2.05. The number of halogens is 2. The van der Waals surface area contributed by atoms with E-state index in [1.807, 2.05) is 24.3 Å². The number of carbonyl (C=O) groups excluding carboxylic acids is 2. The fraction of sp³-hybridized carbons (Fsp3) is 0. The van der Waals surface area contributed by atoms with Crippen molar-refractivity contribution >= 4 is 33.8 Å². The first-order valence-electron chi connectivity index (χ1n) is 8.32. The van der Waals surface area contributed by atoms with Gasteiger partial charge in [-0.2, -0.15) is 0 Å². The van der Waals surface area contributed by atoms with Crippen LogP contribution in [-0.4, -0.2) is 11.8 Å². The van der Waals surface area contributed by atoms with Crippen molar-refractivity contribution in [2.45, 2.75) is 0 Å². The number of Topliss-reactive ketones (excluding diaryl/α,β-unsaturated/α-hetero) is 1. The summed E-state index contributed by atoms with van der Waals surface area (Å²) in [5, 5.41) is 0. The summed E-state index contributed by atoms with van der Waals surface area (Å²) in [4.78, 5) is 24.7. The Kier molecular flexibility index (Phi) is 4.79. The van der Waals surface area contributed by atoms with Gasteiger partial charge in [0.25, 0.3) is 0 Å². The number of rotatable bonds is 3. The molecule has 4 nitrogen and oxygen atoms in total.